The van der Waals surface area contributed by atoms with Gasteiger partial charge in [0.15, 0.2) is 0 Å². The third kappa shape index (κ3) is 1.63. The summed E-state index contributed by atoms with van der Waals surface area (Å²) in [5.74, 6) is 0.503. The van der Waals surface area contributed by atoms with E-state index >= 15 is 0 Å². The predicted octanol–water partition coefficient (Wildman–Crippen LogP) is 2.73. The van der Waals surface area contributed by atoms with Crippen molar-refractivity contribution in [3.63, 3.8) is 0 Å². The minimum absolute atomic E-state index is 0.243. The lowest BCUT2D eigenvalue weighted by Crippen LogP contribution is -1.94. The number of hydrogen-bond donors (Lipinski definition) is 0. The van der Waals surface area contributed by atoms with Gasteiger partial charge in [-0.1, -0.05) is 0 Å². The van der Waals surface area contributed by atoms with Crippen LogP contribution in [0.1, 0.15) is 29.6 Å². The van der Waals surface area contributed by atoms with Crippen molar-refractivity contribution in [1.29, 1.82) is 0 Å². The van der Waals surface area contributed by atoms with Gasteiger partial charge in [0.1, 0.15) is 11.1 Å². The van der Waals surface area contributed by atoms with Crippen LogP contribution in [0.15, 0.2) is 5.38 Å². The lowest BCUT2D eigenvalue weighted by Gasteiger charge is -2.02. The van der Waals surface area contributed by atoms with Crippen molar-refractivity contribution in [1.82, 2.24) is 4.98 Å². The SMILES string of the molecule is ClCc1csc([C@@H]2CCCO2)n1. The zero-order chi connectivity index (χ0) is 8.39. The standard InChI is InChI=1S/C8H10ClNOS/c9-4-6-5-12-8(10-6)7-2-1-3-11-7/h5,7H,1-4H2/t7-/m0/s1. The average molecular weight is 204 g/mol. The Kier molecular flexibility index (Phi) is 2.63. The molecule has 4 heteroatoms. The molecule has 0 N–H and O–H groups in total. The Morgan fingerprint density at radius 1 is 1.75 bits per heavy atom. The molecule has 0 saturated carbocycles. The van der Waals surface area contributed by atoms with E-state index in [-0.39, 0.29) is 6.10 Å². The van der Waals surface area contributed by atoms with Gasteiger partial charge in [-0.05, 0) is 12.8 Å². The van der Waals surface area contributed by atoms with Crippen LogP contribution in [0.2, 0.25) is 0 Å². The van der Waals surface area contributed by atoms with Crippen molar-refractivity contribution in [3.8, 4) is 0 Å². The van der Waals surface area contributed by atoms with Crippen LogP contribution in [0.3, 0.4) is 0 Å². The maximum atomic E-state index is 5.65. The van der Waals surface area contributed by atoms with Crippen molar-refractivity contribution in [2.75, 3.05) is 6.61 Å². The van der Waals surface area contributed by atoms with Crippen LogP contribution >= 0.6 is 22.9 Å². The molecule has 2 heterocycles. The van der Waals surface area contributed by atoms with Gasteiger partial charge >= 0.3 is 0 Å². The fourth-order valence-electron chi connectivity index (χ4n) is 1.30. The van der Waals surface area contributed by atoms with Crippen LogP contribution in [0.25, 0.3) is 0 Å². The highest BCUT2D eigenvalue weighted by Crippen LogP contribution is 2.30. The second-order valence-electron chi connectivity index (χ2n) is 2.81. The van der Waals surface area contributed by atoms with Crippen molar-refractivity contribution in [3.05, 3.63) is 16.1 Å². The number of nitrogens with zero attached hydrogens (tertiary/aromatic N) is 1. The minimum atomic E-state index is 0.243. The van der Waals surface area contributed by atoms with Gasteiger partial charge in [-0.3, -0.25) is 0 Å². The molecular formula is C8H10ClNOS. The van der Waals surface area contributed by atoms with Crippen molar-refractivity contribution in [2.45, 2.75) is 24.8 Å². The van der Waals surface area contributed by atoms with E-state index in [2.05, 4.69) is 4.98 Å². The van der Waals surface area contributed by atoms with Crippen LogP contribution < -0.4 is 0 Å². The fourth-order valence-corrected chi connectivity index (χ4v) is 2.43. The molecule has 12 heavy (non-hydrogen) atoms. The predicted molar refractivity (Wildman–Crippen MR) is 49.6 cm³/mol. The molecular weight excluding hydrogens is 194 g/mol. The molecule has 1 saturated heterocycles. The summed E-state index contributed by atoms with van der Waals surface area (Å²) in [5, 5.41) is 3.09. The molecule has 0 aliphatic carbocycles. The molecule has 66 valence electrons. The molecule has 2 nitrogen and oxygen atoms in total. The molecule has 1 aromatic rings. The molecule has 1 atom stereocenters. The Labute approximate surface area is 80.5 Å². The molecule has 0 radical (unpaired) electrons. The Morgan fingerprint density at radius 2 is 2.67 bits per heavy atom. The third-order valence-corrected chi connectivity index (χ3v) is 3.17. The number of alkyl halides is 1. The molecule has 1 aliphatic heterocycles. The zero-order valence-corrected chi connectivity index (χ0v) is 8.20. The van der Waals surface area contributed by atoms with Gasteiger partial charge in [0.25, 0.3) is 0 Å². The Morgan fingerprint density at radius 3 is 3.25 bits per heavy atom. The third-order valence-electron chi connectivity index (χ3n) is 1.91. The number of hydrogen-bond acceptors (Lipinski definition) is 3. The largest absolute Gasteiger partial charge is 0.371 e. The molecule has 0 spiro atoms. The lowest BCUT2D eigenvalue weighted by molar-refractivity contribution is 0.111. The maximum Gasteiger partial charge on any atom is 0.122 e. The number of halogens is 1. The van der Waals surface area contributed by atoms with Gasteiger partial charge in [0.2, 0.25) is 0 Å². The van der Waals surface area contributed by atoms with Gasteiger partial charge < -0.3 is 4.74 Å². The van der Waals surface area contributed by atoms with Gasteiger partial charge in [0, 0.05) is 12.0 Å². The van der Waals surface area contributed by atoms with Gasteiger partial charge in [-0.2, -0.15) is 0 Å². The van der Waals surface area contributed by atoms with E-state index < -0.39 is 0 Å². The topological polar surface area (TPSA) is 22.1 Å². The molecule has 0 amide bonds. The first-order valence-electron chi connectivity index (χ1n) is 4.02. The molecule has 1 aromatic heterocycles. The molecule has 0 aromatic carbocycles. The number of thiazole rings is 1. The summed E-state index contributed by atoms with van der Waals surface area (Å²) in [7, 11) is 0. The lowest BCUT2D eigenvalue weighted by atomic mass is 10.2. The van der Waals surface area contributed by atoms with E-state index in [1.807, 2.05) is 5.38 Å². The van der Waals surface area contributed by atoms with E-state index in [0.717, 1.165) is 30.2 Å². The molecule has 0 bridgehead atoms. The molecule has 0 unspecified atom stereocenters. The monoisotopic (exact) mass is 203 g/mol. The van der Waals surface area contributed by atoms with Crippen LogP contribution in [-0.2, 0) is 10.6 Å². The summed E-state index contributed by atoms with van der Waals surface area (Å²) >= 11 is 7.30. The number of rotatable bonds is 2. The van der Waals surface area contributed by atoms with Gasteiger partial charge in [-0.25, -0.2) is 4.98 Å². The fraction of sp³-hybridized carbons (Fsp3) is 0.625. The maximum absolute atomic E-state index is 5.65. The number of ether oxygens (including phenoxy) is 1. The van der Waals surface area contributed by atoms with Crippen LogP contribution in [0.5, 0.6) is 0 Å². The Balaban J connectivity index is 2.11. The van der Waals surface area contributed by atoms with Crippen LogP contribution in [0.4, 0.5) is 0 Å². The van der Waals surface area contributed by atoms with E-state index in [1.54, 1.807) is 11.3 Å². The second kappa shape index (κ2) is 3.73. The van der Waals surface area contributed by atoms with Gasteiger partial charge in [-0.15, -0.1) is 22.9 Å². The summed E-state index contributed by atoms with van der Waals surface area (Å²) in [6, 6.07) is 0. The van der Waals surface area contributed by atoms with E-state index in [9.17, 15) is 0 Å². The van der Waals surface area contributed by atoms with E-state index in [4.69, 9.17) is 16.3 Å². The highest BCUT2D eigenvalue weighted by Gasteiger charge is 2.20. The van der Waals surface area contributed by atoms with Crippen molar-refractivity contribution in [2.24, 2.45) is 0 Å². The summed E-state index contributed by atoms with van der Waals surface area (Å²) in [6.45, 7) is 0.875. The molecule has 1 fully saturated rings. The second-order valence-corrected chi connectivity index (χ2v) is 3.97. The van der Waals surface area contributed by atoms with Crippen LogP contribution in [0, 0.1) is 0 Å². The molecule has 2 rings (SSSR count). The zero-order valence-electron chi connectivity index (χ0n) is 6.62. The van der Waals surface area contributed by atoms with Crippen molar-refractivity contribution < 1.29 is 4.74 Å². The normalized spacial score (nSPS) is 23.2. The quantitative estimate of drug-likeness (QED) is 0.690. The van der Waals surface area contributed by atoms with E-state index in [1.165, 1.54) is 0 Å². The number of aromatic nitrogens is 1. The Bertz CT molecular complexity index is 257. The minimum Gasteiger partial charge on any atom is -0.371 e. The molecule has 1 aliphatic rings. The summed E-state index contributed by atoms with van der Waals surface area (Å²) in [5.41, 5.74) is 0.965. The van der Waals surface area contributed by atoms with Crippen LogP contribution in [-0.4, -0.2) is 11.6 Å². The first kappa shape index (κ1) is 8.48. The van der Waals surface area contributed by atoms with Gasteiger partial charge in [0.05, 0.1) is 11.6 Å². The Hall–Kier alpha value is -0.120. The summed E-state index contributed by atoms with van der Waals surface area (Å²) < 4.78 is 5.50. The first-order chi connectivity index (χ1) is 5.90. The average Bonchev–Trinajstić information content (AvgIpc) is 2.75. The summed E-state index contributed by atoms with van der Waals surface area (Å²) in [6.07, 6.45) is 2.50. The first-order valence-corrected chi connectivity index (χ1v) is 5.43. The highest BCUT2D eigenvalue weighted by molar-refractivity contribution is 7.09. The smallest absolute Gasteiger partial charge is 0.122 e. The highest BCUT2D eigenvalue weighted by atomic mass is 35.5. The van der Waals surface area contributed by atoms with E-state index in [0.29, 0.717) is 5.88 Å². The van der Waals surface area contributed by atoms with Crippen molar-refractivity contribution >= 4 is 22.9 Å². The summed E-state index contributed by atoms with van der Waals surface area (Å²) in [4.78, 5) is 4.37.